The Labute approximate surface area is 166 Å². The number of nitrogens with zero attached hydrogens (tertiary/aromatic N) is 6. The zero-order chi connectivity index (χ0) is 20.5. The quantitative estimate of drug-likeness (QED) is 0.636. The summed E-state index contributed by atoms with van der Waals surface area (Å²) in [6.45, 7) is 1.96. The van der Waals surface area contributed by atoms with E-state index in [4.69, 9.17) is 0 Å². The molecule has 1 aliphatic rings. The van der Waals surface area contributed by atoms with Gasteiger partial charge >= 0.3 is 5.69 Å². The Hall–Kier alpha value is -3.43. The lowest BCUT2D eigenvalue weighted by Crippen LogP contribution is -2.43. The van der Waals surface area contributed by atoms with Crippen LogP contribution in [0.25, 0.3) is 11.2 Å². The average molecular weight is 397 g/mol. The molecule has 0 aromatic carbocycles. The van der Waals surface area contributed by atoms with Crippen LogP contribution in [0.5, 0.6) is 0 Å². The fourth-order valence-corrected chi connectivity index (χ4v) is 3.59. The van der Waals surface area contributed by atoms with Crippen LogP contribution in [0, 0.1) is 0 Å². The van der Waals surface area contributed by atoms with Gasteiger partial charge in [0.1, 0.15) is 12.4 Å². The van der Waals surface area contributed by atoms with Crippen molar-refractivity contribution in [2.75, 3.05) is 18.0 Å². The Morgan fingerprint density at radius 3 is 2.59 bits per heavy atom. The molecule has 0 radical (unpaired) electrons. The van der Waals surface area contributed by atoms with E-state index in [9.17, 15) is 14.4 Å². The predicted octanol–water partition coefficient (Wildman–Crippen LogP) is -0.255. The summed E-state index contributed by atoms with van der Waals surface area (Å²) in [5, 5.41) is 2.74. The van der Waals surface area contributed by atoms with E-state index in [1.807, 2.05) is 12.1 Å². The van der Waals surface area contributed by atoms with Gasteiger partial charge in [-0.05, 0) is 24.5 Å². The largest absolute Gasteiger partial charge is 0.357 e. The number of carbonyl (C=O) groups is 1. The molecule has 3 aromatic heterocycles. The molecular formula is C19H23N7O3. The molecule has 29 heavy (non-hydrogen) atoms. The highest BCUT2D eigenvalue weighted by molar-refractivity contribution is 5.76. The lowest BCUT2D eigenvalue weighted by Gasteiger charge is -2.16. The van der Waals surface area contributed by atoms with Crippen molar-refractivity contribution in [2.24, 2.45) is 14.1 Å². The summed E-state index contributed by atoms with van der Waals surface area (Å²) in [4.78, 5) is 48.3. The van der Waals surface area contributed by atoms with E-state index in [0.717, 1.165) is 29.0 Å². The molecule has 1 saturated heterocycles. The first-order valence-electron chi connectivity index (χ1n) is 9.53. The van der Waals surface area contributed by atoms with Gasteiger partial charge in [-0.2, -0.15) is 0 Å². The van der Waals surface area contributed by atoms with Crippen molar-refractivity contribution in [3.63, 3.8) is 0 Å². The second-order valence-corrected chi connectivity index (χ2v) is 7.26. The highest BCUT2D eigenvalue weighted by Gasteiger charge is 2.17. The molecule has 0 bridgehead atoms. The molecule has 3 aromatic rings. The summed E-state index contributed by atoms with van der Waals surface area (Å²) in [5.74, 6) is 0.520. The Bertz CT molecular complexity index is 1170. The lowest BCUT2D eigenvalue weighted by atomic mass is 10.2. The molecule has 0 unspecified atom stereocenters. The SMILES string of the molecule is Cn1cnc2c1c(=O)n(CC(=O)NCc1ccc(N3CCCC3)nc1)c(=O)n2C. The number of carbonyl (C=O) groups excluding carboxylic acids is 1. The highest BCUT2D eigenvalue weighted by Crippen LogP contribution is 2.17. The van der Waals surface area contributed by atoms with Gasteiger partial charge in [0.25, 0.3) is 5.56 Å². The van der Waals surface area contributed by atoms with Gasteiger partial charge in [-0.1, -0.05) is 6.07 Å². The van der Waals surface area contributed by atoms with Crippen LogP contribution in [0.2, 0.25) is 0 Å². The number of pyridine rings is 1. The van der Waals surface area contributed by atoms with Crippen LogP contribution in [0.4, 0.5) is 5.82 Å². The van der Waals surface area contributed by atoms with Gasteiger partial charge in [0.2, 0.25) is 5.91 Å². The van der Waals surface area contributed by atoms with Crippen LogP contribution >= 0.6 is 0 Å². The molecule has 1 aliphatic heterocycles. The number of aromatic nitrogens is 5. The summed E-state index contributed by atoms with van der Waals surface area (Å²) in [5.41, 5.74) is 0.316. The third kappa shape index (κ3) is 3.53. The molecule has 1 fully saturated rings. The lowest BCUT2D eigenvalue weighted by molar-refractivity contribution is -0.121. The van der Waals surface area contributed by atoms with Crippen LogP contribution in [-0.2, 0) is 32.0 Å². The first-order valence-corrected chi connectivity index (χ1v) is 9.53. The summed E-state index contributed by atoms with van der Waals surface area (Å²) in [6, 6.07) is 3.87. The van der Waals surface area contributed by atoms with Crippen molar-refractivity contribution in [1.82, 2.24) is 29.0 Å². The minimum Gasteiger partial charge on any atom is -0.357 e. The van der Waals surface area contributed by atoms with Crippen molar-refractivity contribution >= 4 is 22.9 Å². The maximum atomic E-state index is 12.7. The molecule has 10 heteroatoms. The van der Waals surface area contributed by atoms with Crippen LogP contribution < -0.4 is 21.5 Å². The van der Waals surface area contributed by atoms with Gasteiger partial charge in [-0.3, -0.25) is 14.2 Å². The van der Waals surface area contributed by atoms with E-state index in [1.54, 1.807) is 17.8 Å². The van der Waals surface area contributed by atoms with Crippen molar-refractivity contribution in [2.45, 2.75) is 25.9 Å². The van der Waals surface area contributed by atoms with Gasteiger partial charge < -0.3 is 14.8 Å². The van der Waals surface area contributed by atoms with E-state index in [0.29, 0.717) is 5.65 Å². The Balaban J connectivity index is 1.46. The third-order valence-corrected chi connectivity index (χ3v) is 5.23. The van der Waals surface area contributed by atoms with Crippen molar-refractivity contribution in [3.8, 4) is 0 Å². The average Bonchev–Trinajstić information content (AvgIpc) is 3.38. The van der Waals surface area contributed by atoms with Crippen molar-refractivity contribution < 1.29 is 4.79 Å². The Morgan fingerprint density at radius 2 is 1.90 bits per heavy atom. The van der Waals surface area contributed by atoms with Gasteiger partial charge in [0, 0.05) is 39.9 Å². The van der Waals surface area contributed by atoms with E-state index in [2.05, 4.69) is 20.2 Å². The Kier molecular flexibility index (Phi) is 4.91. The van der Waals surface area contributed by atoms with E-state index >= 15 is 0 Å². The number of anilines is 1. The van der Waals surface area contributed by atoms with Crippen LogP contribution in [0.15, 0.2) is 34.2 Å². The second-order valence-electron chi connectivity index (χ2n) is 7.26. The molecule has 0 atom stereocenters. The number of amides is 1. The highest BCUT2D eigenvalue weighted by atomic mass is 16.2. The van der Waals surface area contributed by atoms with Crippen LogP contribution in [0.3, 0.4) is 0 Å². The minimum atomic E-state index is -0.576. The minimum absolute atomic E-state index is 0.273. The maximum Gasteiger partial charge on any atom is 0.332 e. The zero-order valence-corrected chi connectivity index (χ0v) is 16.5. The number of hydrogen-bond acceptors (Lipinski definition) is 6. The topological polar surface area (TPSA) is 107 Å². The molecule has 1 N–H and O–H groups in total. The van der Waals surface area contributed by atoms with Gasteiger partial charge in [0.05, 0.1) is 6.33 Å². The van der Waals surface area contributed by atoms with E-state index in [-0.39, 0.29) is 18.6 Å². The molecule has 0 saturated carbocycles. The van der Waals surface area contributed by atoms with Gasteiger partial charge in [-0.15, -0.1) is 0 Å². The molecule has 0 spiro atoms. The number of fused-ring (bicyclic) bond motifs is 1. The number of hydrogen-bond donors (Lipinski definition) is 1. The predicted molar refractivity (Wildman–Crippen MR) is 108 cm³/mol. The molecule has 4 heterocycles. The number of rotatable bonds is 5. The third-order valence-electron chi connectivity index (χ3n) is 5.23. The van der Waals surface area contributed by atoms with Gasteiger partial charge in [0.15, 0.2) is 11.2 Å². The van der Waals surface area contributed by atoms with Crippen molar-refractivity contribution in [3.05, 3.63) is 51.1 Å². The molecule has 10 nitrogen and oxygen atoms in total. The number of imidazole rings is 1. The maximum absolute atomic E-state index is 12.7. The fraction of sp³-hybridized carbons (Fsp3) is 0.421. The van der Waals surface area contributed by atoms with Gasteiger partial charge in [-0.25, -0.2) is 19.3 Å². The molecule has 4 rings (SSSR count). The normalized spacial score (nSPS) is 13.9. The number of aryl methyl sites for hydroxylation is 2. The van der Waals surface area contributed by atoms with Crippen LogP contribution in [-0.4, -0.2) is 42.7 Å². The van der Waals surface area contributed by atoms with E-state index < -0.39 is 17.2 Å². The van der Waals surface area contributed by atoms with E-state index in [1.165, 1.54) is 30.8 Å². The summed E-state index contributed by atoms with van der Waals surface area (Å²) in [6.07, 6.45) is 5.57. The summed E-state index contributed by atoms with van der Waals surface area (Å²) < 4.78 is 3.73. The molecular weight excluding hydrogens is 374 g/mol. The first kappa shape index (κ1) is 18.9. The fourth-order valence-electron chi connectivity index (χ4n) is 3.59. The molecule has 0 aliphatic carbocycles. The summed E-state index contributed by atoms with van der Waals surface area (Å²) >= 11 is 0. The van der Waals surface area contributed by atoms with Crippen LogP contribution in [0.1, 0.15) is 18.4 Å². The Morgan fingerprint density at radius 1 is 1.14 bits per heavy atom. The monoisotopic (exact) mass is 397 g/mol. The number of nitrogens with one attached hydrogen (secondary N) is 1. The first-order chi connectivity index (χ1) is 14.0. The van der Waals surface area contributed by atoms with Crippen molar-refractivity contribution in [1.29, 1.82) is 0 Å². The second kappa shape index (κ2) is 7.53. The molecule has 152 valence electrons. The standard InChI is InChI=1S/C19H23N7O3/c1-23-12-22-17-16(23)18(28)26(19(29)24(17)2)11-15(27)21-10-13-5-6-14(20-9-13)25-7-3-4-8-25/h5-6,9,12H,3-4,7-8,10-11H2,1-2H3,(H,21,27). The molecule has 1 amide bonds. The zero-order valence-electron chi connectivity index (χ0n) is 16.5. The smallest absolute Gasteiger partial charge is 0.332 e. The summed E-state index contributed by atoms with van der Waals surface area (Å²) in [7, 11) is 3.20.